The summed E-state index contributed by atoms with van der Waals surface area (Å²) >= 11 is 18.0. The molecular formula is C15H10Cl3F3N2O. The molecule has 2 aromatic rings. The molecule has 0 fully saturated rings. The molecule has 0 aliphatic carbocycles. The summed E-state index contributed by atoms with van der Waals surface area (Å²) in [5.41, 5.74) is 4.59. The fourth-order valence-electron chi connectivity index (χ4n) is 2.04. The monoisotopic (exact) mass is 396 g/mol. The van der Waals surface area contributed by atoms with Gasteiger partial charge in [-0.25, -0.2) is 0 Å². The van der Waals surface area contributed by atoms with Crippen molar-refractivity contribution in [2.75, 3.05) is 5.32 Å². The Balaban J connectivity index is 2.45. The zero-order chi connectivity index (χ0) is 18.1. The van der Waals surface area contributed by atoms with Crippen molar-refractivity contribution in [2.45, 2.75) is 12.2 Å². The number of carbonyl (C=O) groups is 1. The Morgan fingerprint density at radius 2 is 1.71 bits per heavy atom. The van der Waals surface area contributed by atoms with E-state index in [4.69, 9.17) is 40.5 Å². The molecule has 128 valence electrons. The molecule has 9 heteroatoms. The van der Waals surface area contributed by atoms with Gasteiger partial charge in [0, 0.05) is 16.3 Å². The maximum atomic E-state index is 12.8. The van der Waals surface area contributed by atoms with Gasteiger partial charge in [-0.05, 0) is 30.3 Å². The molecule has 0 aliphatic heterocycles. The summed E-state index contributed by atoms with van der Waals surface area (Å²) in [7, 11) is 0. The molecule has 0 aromatic heterocycles. The topological polar surface area (TPSA) is 55.1 Å². The lowest BCUT2D eigenvalue weighted by Gasteiger charge is -2.20. The number of carbonyl (C=O) groups excluding carboxylic acids is 1. The second-order valence-electron chi connectivity index (χ2n) is 4.82. The van der Waals surface area contributed by atoms with E-state index in [2.05, 4.69) is 5.32 Å². The lowest BCUT2D eigenvalue weighted by molar-refractivity contribution is -0.137. The van der Waals surface area contributed by atoms with Gasteiger partial charge in [0.2, 0.25) is 5.91 Å². The number of rotatable bonds is 4. The molecule has 2 aromatic carbocycles. The third kappa shape index (κ3) is 4.06. The highest BCUT2D eigenvalue weighted by atomic mass is 35.5. The molecule has 1 atom stereocenters. The minimum Gasteiger partial charge on any atom is -0.370 e. The van der Waals surface area contributed by atoms with E-state index in [1.54, 1.807) is 0 Å². The second-order valence-corrected chi connectivity index (χ2v) is 6.01. The SMILES string of the molecule is NC(=O)C(Nc1cccc(C(F)(F)F)c1)c1c(Cl)ccc(Cl)c1Cl. The molecule has 24 heavy (non-hydrogen) atoms. The van der Waals surface area contributed by atoms with Crippen LogP contribution in [0.5, 0.6) is 0 Å². The van der Waals surface area contributed by atoms with Gasteiger partial charge in [-0.2, -0.15) is 13.2 Å². The zero-order valence-electron chi connectivity index (χ0n) is 11.8. The first-order valence-electron chi connectivity index (χ1n) is 6.47. The summed E-state index contributed by atoms with van der Waals surface area (Å²) in [6, 6.07) is 5.90. The summed E-state index contributed by atoms with van der Waals surface area (Å²) in [6.07, 6.45) is -4.52. The Hall–Kier alpha value is -1.63. The van der Waals surface area contributed by atoms with E-state index in [-0.39, 0.29) is 26.3 Å². The summed E-state index contributed by atoms with van der Waals surface area (Å²) < 4.78 is 38.4. The Bertz CT molecular complexity index is 781. The van der Waals surface area contributed by atoms with Crippen LogP contribution >= 0.6 is 34.8 Å². The zero-order valence-corrected chi connectivity index (χ0v) is 14.1. The van der Waals surface area contributed by atoms with E-state index in [1.165, 1.54) is 24.3 Å². The molecule has 0 saturated carbocycles. The van der Waals surface area contributed by atoms with E-state index in [0.717, 1.165) is 12.1 Å². The van der Waals surface area contributed by atoms with E-state index in [9.17, 15) is 18.0 Å². The lowest BCUT2D eigenvalue weighted by Crippen LogP contribution is -2.28. The van der Waals surface area contributed by atoms with Crippen molar-refractivity contribution >= 4 is 46.4 Å². The summed E-state index contributed by atoms with van der Waals surface area (Å²) in [5.74, 6) is -0.876. The average Bonchev–Trinajstić information content (AvgIpc) is 2.49. The Kier molecular flexibility index (Phi) is 5.52. The van der Waals surface area contributed by atoms with Crippen molar-refractivity contribution < 1.29 is 18.0 Å². The summed E-state index contributed by atoms with van der Waals surface area (Å²) in [6.45, 7) is 0. The second kappa shape index (κ2) is 7.09. The van der Waals surface area contributed by atoms with Crippen LogP contribution in [0.4, 0.5) is 18.9 Å². The highest BCUT2D eigenvalue weighted by molar-refractivity contribution is 6.44. The van der Waals surface area contributed by atoms with Crippen molar-refractivity contribution in [3.8, 4) is 0 Å². The van der Waals surface area contributed by atoms with E-state index < -0.39 is 23.7 Å². The van der Waals surface area contributed by atoms with Crippen LogP contribution in [-0.4, -0.2) is 5.91 Å². The summed E-state index contributed by atoms with van der Waals surface area (Å²) in [5, 5.41) is 2.84. The normalized spacial score (nSPS) is 12.8. The van der Waals surface area contributed by atoms with Crippen molar-refractivity contribution in [1.29, 1.82) is 0 Å². The Morgan fingerprint density at radius 1 is 1.08 bits per heavy atom. The fourth-order valence-corrected chi connectivity index (χ4v) is 2.80. The standard InChI is InChI=1S/C15H10Cl3F3N2O/c16-9-4-5-10(17)12(18)11(9)13(14(22)24)23-8-3-1-2-7(6-8)15(19,20)21/h1-6,13,23H,(H2,22,24). The predicted molar refractivity (Wildman–Crippen MR) is 88.5 cm³/mol. The molecule has 3 N–H and O–H groups in total. The first kappa shape index (κ1) is 18.7. The predicted octanol–water partition coefficient (Wildman–Crippen LogP) is 5.30. The van der Waals surface area contributed by atoms with Gasteiger partial charge < -0.3 is 11.1 Å². The van der Waals surface area contributed by atoms with Crippen molar-refractivity contribution in [3.63, 3.8) is 0 Å². The molecule has 1 amide bonds. The molecule has 2 rings (SSSR count). The van der Waals surface area contributed by atoms with Crippen LogP contribution in [0.15, 0.2) is 36.4 Å². The Labute approximate surface area is 150 Å². The average molecular weight is 398 g/mol. The molecule has 0 bridgehead atoms. The number of halogens is 6. The number of alkyl halides is 3. The first-order chi connectivity index (χ1) is 11.1. The number of benzene rings is 2. The van der Waals surface area contributed by atoms with Crippen LogP contribution < -0.4 is 11.1 Å². The van der Waals surface area contributed by atoms with Crippen LogP contribution in [0.25, 0.3) is 0 Å². The van der Waals surface area contributed by atoms with Crippen LogP contribution in [0.1, 0.15) is 17.2 Å². The molecule has 3 nitrogen and oxygen atoms in total. The number of hydrogen-bond acceptors (Lipinski definition) is 2. The van der Waals surface area contributed by atoms with E-state index in [1.807, 2.05) is 0 Å². The van der Waals surface area contributed by atoms with Crippen LogP contribution in [0, 0.1) is 0 Å². The number of anilines is 1. The maximum absolute atomic E-state index is 12.8. The summed E-state index contributed by atoms with van der Waals surface area (Å²) in [4.78, 5) is 11.8. The van der Waals surface area contributed by atoms with Gasteiger partial charge in [-0.15, -0.1) is 0 Å². The van der Waals surface area contributed by atoms with Crippen molar-refractivity contribution in [2.24, 2.45) is 5.73 Å². The van der Waals surface area contributed by atoms with Gasteiger partial charge in [-0.3, -0.25) is 4.79 Å². The molecule has 1 unspecified atom stereocenters. The number of primary amides is 1. The number of amides is 1. The minimum atomic E-state index is -4.52. The van der Waals surface area contributed by atoms with E-state index in [0.29, 0.717) is 0 Å². The molecule has 0 heterocycles. The molecule has 0 spiro atoms. The quantitative estimate of drug-likeness (QED) is 0.688. The number of nitrogens with two attached hydrogens (primary N) is 1. The number of nitrogens with one attached hydrogen (secondary N) is 1. The Morgan fingerprint density at radius 3 is 2.29 bits per heavy atom. The third-order valence-corrected chi connectivity index (χ3v) is 4.30. The van der Waals surface area contributed by atoms with Crippen molar-refractivity contribution in [1.82, 2.24) is 0 Å². The third-order valence-electron chi connectivity index (χ3n) is 3.15. The van der Waals surface area contributed by atoms with Gasteiger partial charge in [0.15, 0.2) is 0 Å². The number of hydrogen-bond donors (Lipinski definition) is 2. The van der Waals surface area contributed by atoms with Gasteiger partial charge in [-0.1, -0.05) is 40.9 Å². The first-order valence-corrected chi connectivity index (χ1v) is 7.61. The molecular weight excluding hydrogens is 388 g/mol. The molecule has 0 saturated heterocycles. The molecule has 0 radical (unpaired) electrons. The minimum absolute atomic E-state index is 0.00700. The maximum Gasteiger partial charge on any atom is 0.416 e. The lowest BCUT2D eigenvalue weighted by atomic mass is 10.0. The highest BCUT2D eigenvalue weighted by Crippen LogP contribution is 2.37. The molecule has 0 aliphatic rings. The van der Waals surface area contributed by atoms with Crippen molar-refractivity contribution in [3.05, 3.63) is 62.6 Å². The fraction of sp³-hybridized carbons (Fsp3) is 0.133. The van der Waals surface area contributed by atoms with Gasteiger partial charge in [0.25, 0.3) is 0 Å². The van der Waals surface area contributed by atoms with Crippen LogP contribution in [0.3, 0.4) is 0 Å². The van der Waals surface area contributed by atoms with E-state index >= 15 is 0 Å². The van der Waals surface area contributed by atoms with Crippen LogP contribution in [-0.2, 0) is 11.0 Å². The van der Waals surface area contributed by atoms with Gasteiger partial charge in [0.1, 0.15) is 6.04 Å². The van der Waals surface area contributed by atoms with Gasteiger partial charge >= 0.3 is 6.18 Å². The van der Waals surface area contributed by atoms with Gasteiger partial charge in [0.05, 0.1) is 15.6 Å². The van der Waals surface area contributed by atoms with Crippen LogP contribution in [0.2, 0.25) is 15.1 Å². The smallest absolute Gasteiger partial charge is 0.370 e. The highest BCUT2D eigenvalue weighted by Gasteiger charge is 2.31. The largest absolute Gasteiger partial charge is 0.416 e.